The lowest BCUT2D eigenvalue weighted by molar-refractivity contribution is -0.346. The van der Waals surface area contributed by atoms with Gasteiger partial charge in [-0.2, -0.15) is 0 Å². The zero-order valence-corrected chi connectivity index (χ0v) is 75.1. The number of carbonyl (C=O) groups excluding carboxylic acids is 13. The molecule has 0 radical (unpaired) electrons. The predicted molar refractivity (Wildman–Crippen MR) is 452 cm³/mol. The first-order valence-corrected chi connectivity index (χ1v) is 43.0. The van der Waals surface area contributed by atoms with Gasteiger partial charge in [0, 0.05) is 63.5 Å². The van der Waals surface area contributed by atoms with Gasteiger partial charge in [0.1, 0.15) is 54.4 Å². The van der Waals surface area contributed by atoms with Gasteiger partial charge in [-0.15, -0.1) is 0 Å². The molecule has 3 saturated heterocycles. The van der Waals surface area contributed by atoms with E-state index in [1.807, 2.05) is 0 Å². The molecule has 4 saturated carbocycles. The second kappa shape index (κ2) is 37.2. The lowest BCUT2D eigenvalue weighted by atomic mass is 9.44. The summed E-state index contributed by atoms with van der Waals surface area (Å²) in [6.07, 6.45) is -25.6. The number of ether oxygens (including phenoxy) is 15. The van der Waals surface area contributed by atoms with E-state index in [1.165, 1.54) is 72.9 Å². The molecular formula is C96H110N2O33. The molecular weight excluding hydrogens is 1710 g/mol. The number of amides is 2. The summed E-state index contributed by atoms with van der Waals surface area (Å²) in [6.45, 7) is 18.9. The Balaban J connectivity index is 0.000000225. The maximum atomic E-state index is 15.7. The number of ketones is 2. The van der Waals surface area contributed by atoms with Gasteiger partial charge >= 0.3 is 60.0 Å². The number of Topliss-reactive ketones (excluding diaryl/α,β-unsaturated/α-hetero) is 2. The topological polar surface area (TPSA) is 486 Å². The molecule has 0 unspecified atom stereocenters. The van der Waals surface area contributed by atoms with E-state index in [2.05, 4.69) is 10.6 Å². The standard InChI is InChI=1S/C52H59NO17.C44H51NO16/c1-29-35(67-48(61)42(68-38(57)27-64-24-23-63-7)40(32-17-11-8-12-18-32)53-46(59)33-19-13-9-14-20-33)26-52(62)45(69-47(60)34-21-15-10-16-22-34)43-50(6,36(56)25-37-51(43,28-65-37)70-31(3)55)44(58)41(66-30(2)54)39(29)49(52,4)5;1-21-27-29(48)33(50)42(8)25(47)19-26-43(20-55-26,59-22(2)46)32(42)35(57-36(51)24-17-13-10-14-18-24)44(41(27,6)7)34(58-39(54)61-44)31(21)56-37(52)30(49)28(23-15-11-9-12-16-23)45-38(53)60-40(3,4)5/h8-22,35-37,40-43,45,56,62H,23-28H2,1-7H3,(H,53,59);9-18,25-26,28-32,34-35,47-49H,19-20H2,1-8H3,(H,45,53)/t35-,36-,37+,40-,41+,42+,43-,45-,50+,51-,52+;25-,26+,28-,29+,30+,31+,32-,34-,35-,42+,43-,44+/m00/s1. The normalized spacial score (nSPS) is 31.8. The van der Waals surface area contributed by atoms with Crippen LogP contribution in [-0.2, 0) is 109 Å². The fourth-order valence-electron chi connectivity index (χ4n) is 21.1. The highest BCUT2D eigenvalue weighted by molar-refractivity contribution is 5.98. The Kier molecular flexibility index (Phi) is 27.5. The van der Waals surface area contributed by atoms with Crippen molar-refractivity contribution in [1.29, 1.82) is 0 Å². The van der Waals surface area contributed by atoms with Gasteiger partial charge in [0.15, 0.2) is 53.3 Å². The Morgan fingerprint density at radius 1 is 0.550 bits per heavy atom. The Hall–Kier alpha value is -11.7. The van der Waals surface area contributed by atoms with E-state index in [1.54, 1.807) is 162 Å². The number of fused-ring (bicyclic) bond motifs is 9. The summed E-state index contributed by atoms with van der Waals surface area (Å²) in [6, 6.07) is 37.0. The number of benzene rings is 5. The third-order valence-electron chi connectivity index (χ3n) is 27.4. The van der Waals surface area contributed by atoms with Crippen molar-refractivity contribution in [2.24, 2.45) is 33.5 Å². The van der Waals surface area contributed by atoms with Crippen molar-refractivity contribution in [3.05, 3.63) is 202 Å². The first-order valence-electron chi connectivity index (χ1n) is 43.0. The fraction of sp³-hybridized carbons (Fsp3) is 0.510. The minimum Gasteiger partial charge on any atom is -0.455 e. The number of methoxy groups -OCH3 is 1. The van der Waals surface area contributed by atoms with Gasteiger partial charge in [-0.25, -0.2) is 33.6 Å². The molecule has 1 spiro atoms. The SMILES string of the molecule is CC(=O)O[C@@]12CO[C@@H]1C[C@H](O)[C@@]1(C)C(=O)[C@H](O)C3=C(C)[C@@H](OC(=O)[C@H](O)[C@@H](NC(=O)OC(C)(C)C)c4ccccc4)[C@@H]4OC(=O)O[C@]4([C@@H](OC(=O)c4ccccc4)[C@H]21)C3(C)C.COCCOCC(=O)O[C@@H](C(=O)O[C@H]1C[C@@]2(O)[C@@H](OC(=O)c3ccccc3)[C@@H]3[C@]4(OC(C)=O)CO[C@@H]4C[C@H](O)[C@@]3(C)C(=O)[C@H](OC(C)=O)C(=C1C)C2(C)C)[C@@H](NC(=O)c1ccccc1)c1ccccc1. The summed E-state index contributed by atoms with van der Waals surface area (Å²) in [5.41, 5.74) is -16.2. The second-order valence-electron chi connectivity index (χ2n) is 36.9. The Morgan fingerprint density at radius 3 is 1.51 bits per heavy atom. The van der Waals surface area contributed by atoms with Crippen LogP contribution >= 0.6 is 0 Å². The Bertz CT molecular complexity index is 5290. The van der Waals surface area contributed by atoms with Crippen molar-refractivity contribution in [3.8, 4) is 0 Å². The predicted octanol–water partition coefficient (Wildman–Crippen LogP) is 7.36. The molecule has 23 atom stereocenters. The van der Waals surface area contributed by atoms with Crippen LogP contribution in [0.15, 0.2) is 174 Å². The van der Waals surface area contributed by atoms with E-state index >= 15 is 14.4 Å². The number of aliphatic hydroxyl groups is 5. The molecule has 9 aliphatic rings. The number of esters is 8. The molecule has 35 nitrogen and oxygen atoms in total. The Morgan fingerprint density at radius 2 is 1.03 bits per heavy atom. The largest absolute Gasteiger partial charge is 0.509 e. The molecule has 3 aliphatic heterocycles. The second-order valence-corrected chi connectivity index (χ2v) is 36.9. The van der Waals surface area contributed by atoms with E-state index in [-0.39, 0.29) is 83.8 Å². The zero-order valence-electron chi connectivity index (χ0n) is 75.1. The number of hydrogen-bond donors (Lipinski definition) is 7. The van der Waals surface area contributed by atoms with Crippen LogP contribution in [0.2, 0.25) is 0 Å². The van der Waals surface area contributed by atoms with Crippen LogP contribution in [0, 0.1) is 33.5 Å². The quantitative estimate of drug-likeness (QED) is 0.0137. The van der Waals surface area contributed by atoms with E-state index < -0.39 is 243 Å². The molecule has 14 rings (SSSR count). The zero-order chi connectivity index (χ0) is 95.4. The smallest absolute Gasteiger partial charge is 0.455 e. The van der Waals surface area contributed by atoms with Gasteiger partial charge in [0.25, 0.3) is 5.91 Å². The molecule has 35 heteroatoms. The van der Waals surface area contributed by atoms with E-state index in [9.17, 15) is 73.5 Å². The molecule has 5 aromatic carbocycles. The monoisotopic (exact) mass is 1820 g/mol. The minimum atomic E-state index is -2.46. The first kappa shape index (κ1) is 96.9. The highest BCUT2D eigenvalue weighted by Gasteiger charge is 2.84. The van der Waals surface area contributed by atoms with Crippen molar-refractivity contribution >= 4 is 77.5 Å². The summed E-state index contributed by atoms with van der Waals surface area (Å²) in [7, 11) is 1.44. The molecule has 702 valence electrons. The summed E-state index contributed by atoms with van der Waals surface area (Å²) < 4.78 is 89.1. The number of alkyl carbamates (subject to hydrolysis) is 1. The lowest BCUT2D eigenvalue weighted by Crippen LogP contribution is -2.83. The lowest BCUT2D eigenvalue weighted by Gasteiger charge is -2.67. The maximum absolute atomic E-state index is 15.7. The van der Waals surface area contributed by atoms with Gasteiger partial charge < -0.3 is 107 Å². The highest BCUT2D eigenvalue weighted by atomic mass is 16.8. The van der Waals surface area contributed by atoms with E-state index in [4.69, 9.17) is 71.1 Å². The molecule has 7 fully saturated rings. The molecule has 131 heavy (non-hydrogen) atoms. The number of aliphatic hydroxyl groups excluding tert-OH is 4. The van der Waals surface area contributed by atoms with Crippen molar-refractivity contribution < 1.29 is 159 Å². The third-order valence-corrected chi connectivity index (χ3v) is 27.4. The summed E-state index contributed by atoms with van der Waals surface area (Å²) in [5.74, 6) is -13.8. The van der Waals surface area contributed by atoms with Crippen LogP contribution in [0.4, 0.5) is 9.59 Å². The molecule has 4 bridgehead atoms. The van der Waals surface area contributed by atoms with Gasteiger partial charge in [-0.05, 0) is 118 Å². The number of rotatable bonds is 24. The van der Waals surface area contributed by atoms with Crippen LogP contribution in [-0.4, -0.2) is 251 Å². The minimum absolute atomic E-state index is 0.00229. The average Bonchev–Trinajstić information content (AvgIpc) is 1.12. The molecule has 2 amide bonds. The molecule has 6 aliphatic carbocycles. The van der Waals surface area contributed by atoms with Crippen molar-refractivity contribution in [1.82, 2.24) is 10.6 Å². The summed E-state index contributed by atoms with van der Waals surface area (Å²) in [4.78, 5) is 183. The van der Waals surface area contributed by atoms with Crippen LogP contribution in [0.1, 0.15) is 170 Å². The molecule has 7 N–H and O–H groups in total. The van der Waals surface area contributed by atoms with Gasteiger partial charge in [-0.3, -0.25) is 28.8 Å². The fourth-order valence-corrected chi connectivity index (χ4v) is 21.1. The molecule has 5 aromatic rings. The van der Waals surface area contributed by atoms with Gasteiger partial charge in [0.2, 0.25) is 11.7 Å². The Labute approximate surface area is 754 Å². The highest BCUT2D eigenvalue weighted by Crippen LogP contribution is 2.68. The summed E-state index contributed by atoms with van der Waals surface area (Å²) in [5, 5.41) is 67.5. The average molecular weight is 1820 g/mol. The van der Waals surface area contributed by atoms with E-state index in [0.29, 0.717) is 5.56 Å². The maximum Gasteiger partial charge on any atom is 0.509 e. The summed E-state index contributed by atoms with van der Waals surface area (Å²) >= 11 is 0. The van der Waals surface area contributed by atoms with Crippen molar-refractivity contribution in [2.75, 3.05) is 40.1 Å². The van der Waals surface area contributed by atoms with Gasteiger partial charge in [-0.1, -0.05) is 143 Å². The first-order chi connectivity index (χ1) is 61.7. The molecule has 0 aromatic heterocycles. The van der Waals surface area contributed by atoms with E-state index in [0.717, 1.165) is 20.8 Å². The van der Waals surface area contributed by atoms with Gasteiger partial charge in [0.05, 0.1) is 78.5 Å². The number of carbonyl (C=O) groups is 13. The van der Waals surface area contributed by atoms with Crippen LogP contribution in [0.5, 0.6) is 0 Å². The van der Waals surface area contributed by atoms with Crippen LogP contribution in [0.3, 0.4) is 0 Å². The van der Waals surface area contributed by atoms with Crippen molar-refractivity contribution in [3.63, 3.8) is 0 Å². The number of hydrogen-bond acceptors (Lipinski definition) is 33. The number of nitrogens with one attached hydrogen (secondary N) is 2. The molecule has 3 heterocycles. The van der Waals surface area contributed by atoms with Crippen molar-refractivity contribution in [2.45, 2.75) is 236 Å². The van der Waals surface area contributed by atoms with Crippen LogP contribution < -0.4 is 10.6 Å². The third kappa shape index (κ3) is 17.4. The van der Waals surface area contributed by atoms with Crippen LogP contribution in [0.25, 0.3) is 0 Å².